The first-order valence-corrected chi connectivity index (χ1v) is 5.53. The average Bonchev–Trinajstić information content (AvgIpc) is 2.19. The second kappa shape index (κ2) is 5.82. The van der Waals surface area contributed by atoms with Crippen LogP contribution in [0.25, 0.3) is 0 Å². The Morgan fingerprint density at radius 1 is 1.14 bits per heavy atom. The third-order valence-corrected chi connectivity index (χ3v) is 2.49. The average molecular weight is 191 g/mol. The molecule has 0 unspecified atom stereocenters. The van der Waals surface area contributed by atoms with Crippen LogP contribution in [0.4, 0.5) is 0 Å². The van der Waals surface area contributed by atoms with Crippen molar-refractivity contribution in [2.45, 2.75) is 33.1 Å². The number of hydrogen-bond acceptors (Lipinski definition) is 1. The molecule has 14 heavy (non-hydrogen) atoms. The van der Waals surface area contributed by atoms with Crippen molar-refractivity contribution >= 4 is 0 Å². The third kappa shape index (κ3) is 3.51. The molecule has 0 amide bonds. The molecule has 1 heteroatoms. The van der Waals surface area contributed by atoms with Gasteiger partial charge in [0, 0.05) is 0 Å². The number of benzene rings is 1. The van der Waals surface area contributed by atoms with Crippen molar-refractivity contribution in [3.8, 4) is 0 Å². The van der Waals surface area contributed by atoms with E-state index < -0.39 is 0 Å². The first-order chi connectivity index (χ1) is 6.74. The van der Waals surface area contributed by atoms with E-state index in [2.05, 4.69) is 50.4 Å². The van der Waals surface area contributed by atoms with E-state index in [1.54, 1.807) is 0 Å². The van der Waals surface area contributed by atoms with Gasteiger partial charge in [-0.1, -0.05) is 45.0 Å². The fourth-order valence-corrected chi connectivity index (χ4v) is 1.48. The number of rotatable bonds is 5. The van der Waals surface area contributed by atoms with E-state index in [4.69, 9.17) is 0 Å². The number of hydrogen-bond donors (Lipinski definition) is 1. The molecule has 0 heterocycles. The molecule has 0 saturated heterocycles. The molecular formula is C13H21N. The van der Waals surface area contributed by atoms with E-state index in [-0.39, 0.29) is 0 Å². The minimum Gasteiger partial charge on any atom is -0.317 e. The molecule has 0 aliphatic carbocycles. The van der Waals surface area contributed by atoms with Crippen LogP contribution in [0.3, 0.4) is 0 Å². The van der Waals surface area contributed by atoms with E-state index in [0.717, 1.165) is 19.5 Å². The topological polar surface area (TPSA) is 12.0 Å². The van der Waals surface area contributed by atoms with Crippen molar-refractivity contribution in [1.29, 1.82) is 0 Å². The maximum Gasteiger partial charge on any atom is -0.000847 e. The molecule has 0 aromatic heterocycles. The zero-order valence-corrected chi connectivity index (χ0v) is 9.51. The quantitative estimate of drug-likeness (QED) is 0.706. The molecule has 1 aromatic carbocycles. The Kier molecular flexibility index (Phi) is 4.68. The van der Waals surface area contributed by atoms with Gasteiger partial charge in [0.1, 0.15) is 0 Å². The Labute approximate surface area is 87.5 Å². The highest BCUT2D eigenvalue weighted by atomic mass is 14.8. The van der Waals surface area contributed by atoms with E-state index in [1.165, 1.54) is 11.1 Å². The van der Waals surface area contributed by atoms with Crippen LogP contribution in [0, 0.1) is 0 Å². The van der Waals surface area contributed by atoms with Gasteiger partial charge in [-0.25, -0.2) is 0 Å². The highest BCUT2D eigenvalue weighted by molar-refractivity contribution is 5.24. The predicted octanol–water partition coefficient (Wildman–Crippen LogP) is 2.96. The van der Waals surface area contributed by atoms with Crippen LogP contribution >= 0.6 is 0 Å². The van der Waals surface area contributed by atoms with Crippen LogP contribution in [0.1, 0.15) is 37.8 Å². The van der Waals surface area contributed by atoms with Crippen LogP contribution in [-0.4, -0.2) is 13.1 Å². The van der Waals surface area contributed by atoms with Crippen molar-refractivity contribution < 1.29 is 0 Å². The van der Waals surface area contributed by atoms with Crippen LogP contribution in [0.2, 0.25) is 0 Å². The Morgan fingerprint density at radius 3 is 2.29 bits per heavy atom. The molecule has 0 radical (unpaired) electrons. The summed E-state index contributed by atoms with van der Waals surface area (Å²) in [5.41, 5.74) is 2.85. The lowest BCUT2D eigenvalue weighted by Gasteiger charge is -2.07. The smallest absolute Gasteiger partial charge is 0.000847 e. The molecule has 0 aliphatic heterocycles. The fraction of sp³-hybridized carbons (Fsp3) is 0.538. The van der Waals surface area contributed by atoms with Gasteiger partial charge in [0.05, 0.1) is 0 Å². The minimum atomic E-state index is 0.637. The normalized spacial score (nSPS) is 10.9. The van der Waals surface area contributed by atoms with Gasteiger partial charge in [0.25, 0.3) is 0 Å². The summed E-state index contributed by atoms with van der Waals surface area (Å²) < 4.78 is 0. The van der Waals surface area contributed by atoms with E-state index >= 15 is 0 Å². The molecule has 1 rings (SSSR count). The summed E-state index contributed by atoms with van der Waals surface area (Å²) in [6, 6.07) is 8.97. The minimum absolute atomic E-state index is 0.637. The molecule has 1 N–H and O–H groups in total. The van der Waals surface area contributed by atoms with Gasteiger partial charge in [-0.2, -0.15) is 0 Å². The van der Waals surface area contributed by atoms with Crippen molar-refractivity contribution in [3.63, 3.8) is 0 Å². The van der Waals surface area contributed by atoms with E-state index in [1.807, 2.05) is 0 Å². The largest absolute Gasteiger partial charge is 0.317 e. The second-order valence-electron chi connectivity index (χ2n) is 4.00. The van der Waals surface area contributed by atoms with Crippen molar-refractivity contribution in [3.05, 3.63) is 35.4 Å². The van der Waals surface area contributed by atoms with Crippen molar-refractivity contribution in [2.75, 3.05) is 13.1 Å². The van der Waals surface area contributed by atoms with E-state index in [0.29, 0.717) is 5.92 Å². The molecule has 0 bridgehead atoms. The Hall–Kier alpha value is -0.820. The number of likely N-dealkylation sites (N-methyl/N-ethyl adjacent to an activating group) is 1. The van der Waals surface area contributed by atoms with Gasteiger partial charge in [-0.05, 0) is 36.6 Å². The zero-order chi connectivity index (χ0) is 10.4. The molecule has 1 nitrogen and oxygen atoms in total. The molecule has 1 aromatic rings. The molecule has 0 saturated carbocycles. The maximum absolute atomic E-state index is 3.33. The van der Waals surface area contributed by atoms with Gasteiger partial charge >= 0.3 is 0 Å². The van der Waals surface area contributed by atoms with Crippen LogP contribution < -0.4 is 5.32 Å². The van der Waals surface area contributed by atoms with Gasteiger partial charge in [-0.15, -0.1) is 0 Å². The molecule has 0 atom stereocenters. The van der Waals surface area contributed by atoms with Gasteiger partial charge in [0.2, 0.25) is 0 Å². The highest BCUT2D eigenvalue weighted by Crippen LogP contribution is 2.14. The molecule has 0 fully saturated rings. The summed E-state index contributed by atoms with van der Waals surface area (Å²) in [4.78, 5) is 0. The summed E-state index contributed by atoms with van der Waals surface area (Å²) in [6.07, 6.45) is 1.13. The zero-order valence-electron chi connectivity index (χ0n) is 9.51. The summed E-state index contributed by atoms with van der Waals surface area (Å²) in [5.74, 6) is 0.637. The van der Waals surface area contributed by atoms with Crippen molar-refractivity contribution in [1.82, 2.24) is 5.32 Å². The monoisotopic (exact) mass is 191 g/mol. The Morgan fingerprint density at radius 2 is 1.79 bits per heavy atom. The lowest BCUT2D eigenvalue weighted by molar-refractivity contribution is 0.716. The molecular weight excluding hydrogens is 170 g/mol. The molecule has 0 aliphatic rings. The SMILES string of the molecule is CCNCCc1ccc(C(C)C)cc1. The molecule has 78 valence electrons. The fourth-order valence-electron chi connectivity index (χ4n) is 1.48. The van der Waals surface area contributed by atoms with Crippen LogP contribution in [0.5, 0.6) is 0 Å². The molecule has 0 spiro atoms. The standard InChI is InChI=1S/C13H21N/c1-4-14-10-9-12-5-7-13(8-6-12)11(2)3/h5-8,11,14H,4,9-10H2,1-3H3. The Bertz CT molecular complexity index is 248. The predicted molar refractivity (Wildman–Crippen MR) is 62.8 cm³/mol. The summed E-state index contributed by atoms with van der Waals surface area (Å²) in [7, 11) is 0. The first kappa shape index (κ1) is 11.3. The Balaban J connectivity index is 2.47. The third-order valence-electron chi connectivity index (χ3n) is 2.49. The van der Waals surface area contributed by atoms with Gasteiger partial charge < -0.3 is 5.32 Å². The summed E-state index contributed by atoms with van der Waals surface area (Å²) >= 11 is 0. The highest BCUT2D eigenvalue weighted by Gasteiger charge is 1.98. The van der Waals surface area contributed by atoms with E-state index in [9.17, 15) is 0 Å². The van der Waals surface area contributed by atoms with Gasteiger partial charge in [0.15, 0.2) is 0 Å². The number of nitrogens with one attached hydrogen (secondary N) is 1. The van der Waals surface area contributed by atoms with Crippen molar-refractivity contribution in [2.24, 2.45) is 0 Å². The first-order valence-electron chi connectivity index (χ1n) is 5.53. The lowest BCUT2D eigenvalue weighted by Crippen LogP contribution is -2.15. The summed E-state index contributed by atoms with van der Waals surface area (Å²) in [5, 5.41) is 3.33. The second-order valence-corrected chi connectivity index (χ2v) is 4.00. The lowest BCUT2D eigenvalue weighted by atomic mass is 10.0. The van der Waals surface area contributed by atoms with Gasteiger partial charge in [-0.3, -0.25) is 0 Å². The summed E-state index contributed by atoms with van der Waals surface area (Å²) in [6.45, 7) is 8.74. The van der Waals surface area contributed by atoms with Crippen LogP contribution in [0.15, 0.2) is 24.3 Å². The van der Waals surface area contributed by atoms with Crippen LogP contribution in [-0.2, 0) is 6.42 Å². The maximum atomic E-state index is 3.33.